The molecule has 6 heteroatoms. The van der Waals surface area contributed by atoms with Crippen LogP contribution in [0.2, 0.25) is 5.02 Å². The number of piperidine rings is 1. The molecule has 1 aliphatic rings. The third-order valence-corrected chi connectivity index (χ3v) is 5.72. The average molecular weight is 449 g/mol. The molecule has 3 aromatic carbocycles. The molecule has 1 fully saturated rings. The van der Waals surface area contributed by atoms with E-state index in [0.29, 0.717) is 35.9 Å². The van der Waals surface area contributed by atoms with E-state index in [1.807, 2.05) is 55.5 Å². The first-order chi connectivity index (χ1) is 15.5. The van der Waals surface area contributed by atoms with Crippen LogP contribution in [0.1, 0.15) is 34.3 Å². The Labute approximate surface area is 193 Å². The zero-order valence-electron chi connectivity index (χ0n) is 17.9. The topological polar surface area (TPSA) is 58.6 Å². The molecular weight excluding hydrogens is 424 g/mol. The molecule has 0 spiro atoms. The van der Waals surface area contributed by atoms with Crippen molar-refractivity contribution in [2.24, 2.45) is 0 Å². The molecule has 1 atom stereocenters. The first kappa shape index (κ1) is 21.9. The highest BCUT2D eigenvalue weighted by Crippen LogP contribution is 2.22. The van der Waals surface area contributed by atoms with Crippen molar-refractivity contribution in [2.45, 2.75) is 32.4 Å². The SMILES string of the molecule is Cc1ccc(N2CCCC(NC(=O)c3cccc(OCc4cccc(Cl)c4)c3)C2=O)cc1. The Hall–Kier alpha value is -3.31. The van der Waals surface area contributed by atoms with Crippen LogP contribution < -0.4 is 15.0 Å². The van der Waals surface area contributed by atoms with Crippen molar-refractivity contribution in [1.82, 2.24) is 5.32 Å². The Kier molecular flexibility index (Phi) is 6.76. The largest absolute Gasteiger partial charge is 0.489 e. The smallest absolute Gasteiger partial charge is 0.252 e. The van der Waals surface area contributed by atoms with Crippen molar-refractivity contribution in [3.05, 3.63) is 94.5 Å². The van der Waals surface area contributed by atoms with E-state index >= 15 is 0 Å². The van der Waals surface area contributed by atoms with Crippen LogP contribution >= 0.6 is 11.6 Å². The number of aryl methyl sites for hydroxylation is 1. The Balaban J connectivity index is 1.40. The van der Waals surface area contributed by atoms with Gasteiger partial charge in [-0.1, -0.05) is 47.5 Å². The predicted octanol–water partition coefficient (Wildman–Crippen LogP) is 5.15. The Bertz CT molecular complexity index is 1110. The summed E-state index contributed by atoms with van der Waals surface area (Å²) in [7, 11) is 0. The predicted molar refractivity (Wildman–Crippen MR) is 126 cm³/mol. The van der Waals surface area contributed by atoms with Gasteiger partial charge in [-0.15, -0.1) is 0 Å². The highest BCUT2D eigenvalue weighted by Gasteiger charge is 2.31. The number of nitrogens with one attached hydrogen (secondary N) is 1. The van der Waals surface area contributed by atoms with Crippen molar-refractivity contribution in [3.8, 4) is 5.75 Å². The van der Waals surface area contributed by atoms with Gasteiger partial charge in [-0.3, -0.25) is 9.59 Å². The maximum atomic E-state index is 13.0. The van der Waals surface area contributed by atoms with E-state index in [0.717, 1.165) is 23.2 Å². The normalized spacial score (nSPS) is 16.0. The molecule has 4 rings (SSSR count). The summed E-state index contributed by atoms with van der Waals surface area (Å²) >= 11 is 6.01. The van der Waals surface area contributed by atoms with Crippen LogP contribution in [-0.2, 0) is 11.4 Å². The van der Waals surface area contributed by atoms with E-state index < -0.39 is 6.04 Å². The average Bonchev–Trinajstić information content (AvgIpc) is 2.80. The van der Waals surface area contributed by atoms with Gasteiger partial charge in [-0.05, 0) is 67.8 Å². The van der Waals surface area contributed by atoms with Gasteiger partial charge in [0.15, 0.2) is 0 Å². The van der Waals surface area contributed by atoms with E-state index in [1.165, 1.54) is 0 Å². The highest BCUT2D eigenvalue weighted by molar-refractivity contribution is 6.30. The number of hydrogen-bond acceptors (Lipinski definition) is 3. The zero-order valence-corrected chi connectivity index (χ0v) is 18.6. The Morgan fingerprint density at radius 3 is 2.66 bits per heavy atom. The molecule has 1 unspecified atom stereocenters. The van der Waals surface area contributed by atoms with Crippen molar-refractivity contribution >= 4 is 29.1 Å². The van der Waals surface area contributed by atoms with Gasteiger partial charge in [0.05, 0.1) is 0 Å². The van der Waals surface area contributed by atoms with E-state index in [4.69, 9.17) is 16.3 Å². The fraction of sp³-hybridized carbons (Fsp3) is 0.231. The molecule has 1 N–H and O–H groups in total. The van der Waals surface area contributed by atoms with E-state index in [2.05, 4.69) is 5.32 Å². The first-order valence-corrected chi connectivity index (χ1v) is 11.0. The third kappa shape index (κ3) is 5.29. The summed E-state index contributed by atoms with van der Waals surface area (Å²) < 4.78 is 5.82. The number of nitrogens with zero attached hydrogens (tertiary/aromatic N) is 1. The van der Waals surface area contributed by atoms with E-state index in [9.17, 15) is 9.59 Å². The molecule has 0 saturated carbocycles. The summed E-state index contributed by atoms with van der Waals surface area (Å²) in [4.78, 5) is 27.6. The summed E-state index contributed by atoms with van der Waals surface area (Å²) in [5.41, 5.74) is 3.39. The zero-order chi connectivity index (χ0) is 22.5. The van der Waals surface area contributed by atoms with Crippen molar-refractivity contribution in [3.63, 3.8) is 0 Å². The van der Waals surface area contributed by atoms with Gasteiger partial charge < -0.3 is 15.0 Å². The van der Waals surface area contributed by atoms with Gasteiger partial charge >= 0.3 is 0 Å². The molecular formula is C26H25ClN2O3. The summed E-state index contributed by atoms with van der Waals surface area (Å²) in [6.07, 6.45) is 1.45. The lowest BCUT2D eigenvalue weighted by atomic mass is 10.0. The summed E-state index contributed by atoms with van der Waals surface area (Å²) in [5.74, 6) is 0.206. The number of ether oxygens (including phenoxy) is 1. The molecule has 3 aromatic rings. The van der Waals surface area contributed by atoms with Gasteiger partial charge in [0, 0.05) is 22.8 Å². The van der Waals surface area contributed by atoms with Gasteiger partial charge in [0.1, 0.15) is 18.4 Å². The van der Waals surface area contributed by atoms with E-state index in [1.54, 1.807) is 29.2 Å². The molecule has 0 aromatic heterocycles. The standard InChI is InChI=1S/C26H25ClN2O3/c1-18-10-12-22(13-11-18)29-14-4-9-24(26(29)31)28-25(30)20-6-3-8-23(16-20)32-17-19-5-2-7-21(27)15-19/h2-3,5-8,10-13,15-16,24H,4,9,14,17H2,1H3,(H,28,30). The van der Waals surface area contributed by atoms with Crippen LogP contribution in [0.4, 0.5) is 5.69 Å². The fourth-order valence-corrected chi connectivity index (χ4v) is 3.97. The molecule has 0 bridgehead atoms. The maximum Gasteiger partial charge on any atom is 0.252 e. The molecule has 2 amide bonds. The molecule has 0 radical (unpaired) electrons. The number of carbonyl (C=O) groups excluding carboxylic acids is 2. The van der Waals surface area contributed by atoms with Crippen molar-refractivity contribution < 1.29 is 14.3 Å². The number of halogens is 1. The number of anilines is 1. The minimum absolute atomic E-state index is 0.0817. The van der Waals surface area contributed by atoms with Gasteiger partial charge in [0.2, 0.25) is 5.91 Å². The number of hydrogen-bond donors (Lipinski definition) is 1. The lowest BCUT2D eigenvalue weighted by Gasteiger charge is -2.32. The number of rotatable bonds is 6. The van der Waals surface area contributed by atoms with Crippen LogP contribution in [0.5, 0.6) is 5.75 Å². The van der Waals surface area contributed by atoms with Gasteiger partial charge in [-0.2, -0.15) is 0 Å². The molecule has 1 aliphatic heterocycles. The molecule has 164 valence electrons. The summed E-state index contributed by atoms with van der Waals surface area (Å²) in [6.45, 7) is 3.01. The second-order valence-corrected chi connectivity index (χ2v) is 8.38. The first-order valence-electron chi connectivity index (χ1n) is 10.7. The van der Waals surface area contributed by atoms with Crippen LogP contribution in [0.25, 0.3) is 0 Å². The van der Waals surface area contributed by atoms with Crippen molar-refractivity contribution in [2.75, 3.05) is 11.4 Å². The van der Waals surface area contributed by atoms with Crippen molar-refractivity contribution in [1.29, 1.82) is 0 Å². The van der Waals surface area contributed by atoms with Crippen LogP contribution in [0, 0.1) is 6.92 Å². The lowest BCUT2D eigenvalue weighted by molar-refractivity contribution is -0.121. The lowest BCUT2D eigenvalue weighted by Crippen LogP contribution is -2.52. The quantitative estimate of drug-likeness (QED) is 0.567. The minimum atomic E-state index is -0.548. The molecule has 1 saturated heterocycles. The minimum Gasteiger partial charge on any atom is -0.489 e. The molecule has 5 nitrogen and oxygen atoms in total. The maximum absolute atomic E-state index is 13.0. The molecule has 0 aliphatic carbocycles. The third-order valence-electron chi connectivity index (χ3n) is 5.48. The number of carbonyl (C=O) groups is 2. The monoisotopic (exact) mass is 448 g/mol. The van der Waals surface area contributed by atoms with Crippen LogP contribution in [0.15, 0.2) is 72.8 Å². The number of benzene rings is 3. The molecule has 1 heterocycles. The number of amides is 2. The van der Waals surface area contributed by atoms with Crippen LogP contribution in [0.3, 0.4) is 0 Å². The Morgan fingerprint density at radius 1 is 1.09 bits per heavy atom. The Morgan fingerprint density at radius 2 is 1.88 bits per heavy atom. The second-order valence-electron chi connectivity index (χ2n) is 7.94. The second kappa shape index (κ2) is 9.88. The fourth-order valence-electron chi connectivity index (χ4n) is 3.75. The van der Waals surface area contributed by atoms with Gasteiger partial charge in [-0.25, -0.2) is 0 Å². The van der Waals surface area contributed by atoms with E-state index in [-0.39, 0.29) is 11.8 Å². The summed E-state index contributed by atoms with van der Waals surface area (Å²) in [5, 5.41) is 3.55. The highest BCUT2D eigenvalue weighted by atomic mass is 35.5. The van der Waals surface area contributed by atoms with Crippen LogP contribution in [-0.4, -0.2) is 24.4 Å². The summed E-state index contributed by atoms with van der Waals surface area (Å²) in [6, 6.07) is 21.7. The van der Waals surface area contributed by atoms with Gasteiger partial charge in [0.25, 0.3) is 5.91 Å². The molecule has 32 heavy (non-hydrogen) atoms.